The summed E-state index contributed by atoms with van der Waals surface area (Å²) in [5, 5.41) is 0.844. The van der Waals surface area contributed by atoms with E-state index in [1.807, 2.05) is 30.3 Å². The fourth-order valence-electron chi connectivity index (χ4n) is 2.73. The topological polar surface area (TPSA) is 43.1 Å². The fraction of sp³-hybridized carbons (Fsp3) is 0.312. The summed E-state index contributed by atoms with van der Waals surface area (Å²) in [7, 11) is 0. The van der Waals surface area contributed by atoms with Gasteiger partial charge in [-0.3, -0.25) is 4.79 Å². The highest BCUT2D eigenvalue weighted by Crippen LogP contribution is 2.36. The highest BCUT2D eigenvalue weighted by Gasteiger charge is 2.21. The van der Waals surface area contributed by atoms with Gasteiger partial charge in [0.2, 0.25) is 0 Å². The molecule has 0 radical (unpaired) electrons. The zero-order valence-corrected chi connectivity index (χ0v) is 11.6. The molecule has 0 saturated carbocycles. The monoisotopic (exact) mass is 271 g/mol. The van der Waals surface area contributed by atoms with Gasteiger partial charge < -0.3 is 5.73 Å². The van der Waals surface area contributed by atoms with Crippen molar-refractivity contribution in [1.82, 2.24) is 0 Å². The van der Waals surface area contributed by atoms with Crippen LogP contribution < -0.4 is 5.73 Å². The van der Waals surface area contributed by atoms with E-state index < -0.39 is 0 Å². The number of carbonyl (C=O) groups is 1. The summed E-state index contributed by atoms with van der Waals surface area (Å²) in [6.45, 7) is 0. The molecular weight excluding hydrogens is 254 g/mol. The summed E-state index contributed by atoms with van der Waals surface area (Å²) in [6.07, 6.45) is 5.13. The summed E-state index contributed by atoms with van der Waals surface area (Å²) in [5.74, 6) is 0.165. The quantitative estimate of drug-likeness (QED) is 0.866. The highest BCUT2D eigenvalue weighted by molar-refractivity contribution is 7.16. The molecular formula is C16H17NOS. The van der Waals surface area contributed by atoms with E-state index in [4.69, 9.17) is 5.73 Å². The maximum Gasteiger partial charge on any atom is 0.167 e. The van der Waals surface area contributed by atoms with Crippen molar-refractivity contribution < 1.29 is 4.79 Å². The second-order valence-electron chi connectivity index (χ2n) is 5.02. The van der Waals surface area contributed by atoms with Gasteiger partial charge in [0.25, 0.3) is 0 Å². The summed E-state index contributed by atoms with van der Waals surface area (Å²) >= 11 is 1.68. The molecule has 1 aromatic carbocycles. The van der Waals surface area contributed by atoms with Crippen LogP contribution in [-0.4, -0.2) is 5.78 Å². The Morgan fingerprint density at radius 3 is 2.68 bits per heavy atom. The predicted octanol–water partition coefficient (Wildman–Crippen LogP) is 3.63. The van der Waals surface area contributed by atoms with E-state index in [1.165, 1.54) is 23.3 Å². The second-order valence-corrected chi connectivity index (χ2v) is 6.16. The van der Waals surface area contributed by atoms with Crippen LogP contribution in [0.15, 0.2) is 30.3 Å². The van der Waals surface area contributed by atoms with Crippen molar-refractivity contribution in [1.29, 1.82) is 0 Å². The Morgan fingerprint density at radius 1 is 1.16 bits per heavy atom. The number of hydrogen-bond donors (Lipinski definition) is 1. The first-order valence-electron chi connectivity index (χ1n) is 6.73. The molecule has 0 bridgehead atoms. The number of rotatable bonds is 3. The standard InChI is InChI=1S/C16H17NOS/c17-16-13(12-8-4-5-9-15(12)19-16)10-14(18)11-6-2-1-3-7-11/h1-3,6-7H,4-5,8-10,17H2. The van der Waals surface area contributed by atoms with Gasteiger partial charge in [-0.1, -0.05) is 30.3 Å². The third-order valence-corrected chi connectivity index (χ3v) is 4.91. The normalized spacial score (nSPS) is 14.1. The van der Waals surface area contributed by atoms with Crippen LogP contribution in [0.3, 0.4) is 0 Å². The number of nitrogens with two attached hydrogens (primary N) is 1. The maximum atomic E-state index is 12.3. The van der Waals surface area contributed by atoms with Crippen molar-refractivity contribution >= 4 is 22.1 Å². The van der Waals surface area contributed by atoms with Crippen LogP contribution >= 0.6 is 11.3 Å². The Kier molecular flexibility index (Phi) is 3.38. The predicted molar refractivity (Wildman–Crippen MR) is 79.8 cm³/mol. The summed E-state index contributed by atoms with van der Waals surface area (Å²) in [6, 6.07) is 9.48. The molecule has 0 amide bonds. The number of hydrogen-bond acceptors (Lipinski definition) is 3. The van der Waals surface area contributed by atoms with Crippen LogP contribution in [0.2, 0.25) is 0 Å². The number of aryl methyl sites for hydroxylation is 1. The number of Topliss-reactive ketones (excluding diaryl/α,β-unsaturated/α-hetero) is 1. The average molecular weight is 271 g/mol. The molecule has 0 spiro atoms. The summed E-state index contributed by atoms with van der Waals surface area (Å²) in [4.78, 5) is 13.7. The van der Waals surface area contributed by atoms with E-state index in [1.54, 1.807) is 11.3 Å². The van der Waals surface area contributed by atoms with Crippen LogP contribution in [-0.2, 0) is 19.3 Å². The van der Waals surface area contributed by atoms with Crippen LogP contribution in [0, 0.1) is 0 Å². The van der Waals surface area contributed by atoms with Gasteiger partial charge in [-0.15, -0.1) is 11.3 Å². The van der Waals surface area contributed by atoms with Gasteiger partial charge in [0, 0.05) is 16.9 Å². The molecule has 19 heavy (non-hydrogen) atoms. The van der Waals surface area contributed by atoms with Crippen molar-refractivity contribution in [2.75, 3.05) is 5.73 Å². The zero-order chi connectivity index (χ0) is 13.2. The molecule has 3 heteroatoms. The third kappa shape index (κ3) is 2.43. The van der Waals surface area contributed by atoms with E-state index in [-0.39, 0.29) is 5.78 Å². The molecule has 0 fully saturated rings. The lowest BCUT2D eigenvalue weighted by Crippen LogP contribution is -2.08. The van der Waals surface area contributed by atoms with Crippen molar-refractivity contribution in [2.24, 2.45) is 0 Å². The minimum Gasteiger partial charge on any atom is -0.390 e. The molecule has 98 valence electrons. The maximum absolute atomic E-state index is 12.3. The van der Waals surface area contributed by atoms with Gasteiger partial charge in [0.05, 0.1) is 5.00 Å². The smallest absolute Gasteiger partial charge is 0.167 e. The SMILES string of the molecule is Nc1sc2c(c1CC(=O)c1ccccc1)CCCC2. The first kappa shape index (κ1) is 12.4. The van der Waals surface area contributed by atoms with E-state index in [9.17, 15) is 4.79 Å². The zero-order valence-electron chi connectivity index (χ0n) is 10.8. The van der Waals surface area contributed by atoms with Gasteiger partial charge in [0.1, 0.15) is 0 Å². The van der Waals surface area contributed by atoms with Crippen molar-refractivity contribution in [3.05, 3.63) is 51.9 Å². The molecule has 1 aliphatic rings. The first-order valence-corrected chi connectivity index (χ1v) is 7.54. The fourth-order valence-corrected chi connectivity index (χ4v) is 3.91. The Bertz CT molecular complexity index is 601. The van der Waals surface area contributed by atoms with Gasteiger partial charge in [0.15, 0.2) is 5.78 Å². The minimum atomic E-state index is 0.165. The van der Waals surface area contributed by atoms with Crippen molar-refractivity contribution in [3.8, 4) is 0 Å². The molecule has 0 atom stereocenters. The number of benzene rings is 1. The summed E-state index contributed by atoms with van der Waals surface area (Å²) < 4.78 is 0. The molecule has 1 heterocycles. The third-order valence-electron chi connectivity index (χ3n) is 3.75. The van der Waals surface area contributed by atoms with Crippen LogP contribution in [0.4, 0.5) is 5.00 Å². The number of nitrogen functional groups attached to an aromatic ring is 1. The molecule has 0 unspecified atom stereocenters. The first-order chi connectivity index (χ1) is 9.25. The summed E-state index contributed by atoms with van der Waals surface area (Å²) in [5.41, 5.74) is 9.34. The Morgan fingerprint density at radius 2 is 1.89 bits per heavy atom. The Hall–Kier alpha value is -1.61. The lowest BCUT2D eigenvalue weighted by atomic mass is 9.92. The van der Waals surface area contributed by atoms with E-state index in [2.05, 4.69) is 0 Å². The molecule has 0 aliphatic heterocycles. The van der Waals surface area contributed by atoms with E-state index in [0.717, 1.165) is 29.0 Å². The molecule has 2 nitrogen and oxygen atoms in total. The Balaban J connectivity index is 1.88. The lowest BCUT2D eigenvalue weighted by Gasteiger charge is -2.12. The Labute approximate surface area is 117 Å². The molecule has 0 saturated heterocycles. The van der Waals surface area contributed by atoms with Crippen molar-refractivity contribution in [2.45, 2.75) is 32.1 Å². The van der Waals surface area contributed by atoms with Gasteiger partial charge in [-0.05, 0) is 36.8 Å². The molecule has 1 aromatic heterocycles. The van der Waals surface area contributed by atoms with Crippen LogP contribution in [0.1, 0.15) is 39.2 Å². The minimum absolute atomic E-state index is 0.165. The van der Waals surface area contributed by atoms with E-state index >= 15 is 0 Å². The van der Waals surface area contributed by atoms with E-state index in [0.29, 0.717) is 6.42 Å². The molecule has 2 aromatic rings. The number of anilines is 1. The molecule has 2 N–H and O–H groups in total. The average Bonchev–Trinajstić information content (AvgIpc) is 2.76. The van der Waals surface area contributed by atoms with Gasteiger partial charge >= 0.3 is 0 Å². The number of fused-ring (bicyclic) bond motifs is 1. The van der Waals surface area contributed by atoms with Crippen LogP contribution in [0.25, 0.3) is 0 Å². The molecule has 1 aliphatic carbocycles. The largest absolute Gasteiger partial charge is 0.390 e. The molecule has 3 rings (SSSR count). The second kappa shape index (κ2) is 5.17. The lowest BCUT2D eigenvalue weighted by molar-refractivity contribution is 0.0993. The van der Waals surface area contributed by atoms with Crippen molar-refractivity contribution in [3.63, 3.8) is 0 Å². The highest BCUT2D eigenvalue weighted by atomic mass is 32.1. The number of carbonyl (C=O) groups excluding carboxylic acids is 1. The number of thiophene rings is 1. The van der Waals surface area contributed by atoms with Crippen LogP contribution in [0.5, 0.6) is 0 Å². The number of ketones is 1. The van der Waals surface area contributed by atoms with Gasteiger partial charge in [-0.2, -0.15) is 0 Å². The van der Waals surface area contributed by atoms with Gasteiger partial charge in [-0.25, -0.2) is 0 Å².